The Balaban J connectivity index is 1.12. The smallest absolute Gasteiger partial charge is 0.422 e. The van der Waals surface area contributed by atoms with Gasteiger partial charge in [-0.3, -0.25) is 0 Å². The van der Waals surface area contributed by atoms with Crippen molar-refractivity contribution in [3.8, 4) is 11.1 Å². The molecular formula is C40H41N3O7S. The van der Waals surface area contributed by atoms with E-state index in [-0.39, 0.29) is 18.9 Å². The number of benzene rings is 4. The molecule has 10 nitrogen and oxygen atoms in total. The molecule has 264 valence electrons. The predicted octanol–water partition coefficient (Wildman–Crippen LogP) is 6.93. The second-order valence-electron chi connectivity index (χ2n) is 12.4. The molecule has 4 aromatic carbocycles. The van der Waals surface area contributed by atoms with Crippen LogP contribution in [0.15, 0.2) is 128 Å². The third kappa shape index (κ3) is 9.72. The van der Waals surface area contributed by atoms with Crippen molar-refractivity contribution in [2.45, 2.75) is 38.6 Å². The number of hydrogen-bond acceptors (Lipinski definition) is 8. The van der Waals surface area contributed by atoms with Gasteiger partial charge in [0.1, 0.15) is 13.2 Å². The number of nitrogens with one attached hydrogen (secondary N) is 1. The largest absolute Gasteiger partial charge is 0.456 e. The van der Waals surface area contributed by atoms with Crippen LogP contribution in [-0.4, -0.2) is 55.6 Å². The van der Waals surface area contributed by atoms with E-state index in [1.54, 1.807) is 36.4 Å². The number of nitrogens with zero attached hydrogens (tertiary/aromatic N) is 2. The maximum absolute atomic E-state index is 13.6. The van der Waals surface area contributed by atoms with Crippen molar-refractivity contribution in [3.63, 3.8) is 0 Å². The summed E-state index contributed by atoms with van der Waals surface area (Å²) in [4.78, 5) is 28.6. The molecule has 5 aromatic rings. The lowest BCUT2D eigenvalue weighted by atomic mass is 9.88. The van der Waals surface area contributed by atoms with Crippen molar-refractivity contribution in [2.24, 2.45) is 0 Å². The molecule has 0 radical (unpaired) electrons. The van der Waals surface area contributed by atoms with Crippen molar-refractivity contribution >= 4 is 22.3 Å². The molecule has 11 heteroatoms. The molecule has 6 rings (SSSR count). The van der Waals surface area contributed by atoms with Crippen molar-refractivity contribution < 1.29 is 32.2 Å². The molecule has 1 aliphatic rings. The quantitative estimate of drug-likeness (QED) is 0.0977. The third-order valence-corrected chi connectivity index (χ3v) is 10.1. The summed E-state index contributed by atoms with van der Waals surface area (Å²) in [5, 5.41) is 0. The molecule has 1 aliphatic heterocycles. The number of aromatic nitrogens is 1. The highest BCUT2D eigenvalue weighted by Gasteiger charge is 2.29. The summed E-state index contributed by atoms with van der Waals surface area (Å²) < 4.78 is 46.2. The number of carbonyl (C=O) groups excluding carboxylic acids is 2. The van der Waals surface area contributed by atoms with E-state index in [2.05, 4.69) is 17.0 Å². The number of piperidine rings is 1. The second kappa shape index (κ2) is 17.1. The predicted molar refractivity (Wildman–Crippen MR) is 194 cm³/mol. The summed E-state index contributed by atoms with van der Waals surface area (Å²) in [6.07, 6.45) is 2.08. The summed E-state index contributed by atoms with van der Waals surface area (Å²) in [6, 6.07) is 37.5. The Labute approximate surface area is 298 Å². The number of hydrogen-bond donors (Lipinski definition) is 1. The Morgan fingerprint density at radius 1 is 0.686 bits per heavy atom. The zero-order valence-corrected chi connectivity index (χ0v) is 29.0. The van der Waals surface area contributed by atoms with Gasteiger partial charge in [-0.2, -0.15) is 8.42 Å². The summed E-state index contributed by atoms with van der Waals surface area (Å²) in [5.74, 6) is -0.474. The Morgan fingerprint density at radius 2 is 1.24 bits per heavy atom. The minimum absolute atomic E-state index is 0.0618. The van der Waals surface area contributed by atoms with Gasteiger partial charge in [-0.15, -0.1) is 0 Å². The molecule has 1 fully saturated rings. The molecule has 0 unspecified atom stereocenters. The molecule has 1 amide bonds. The maximum Gasteiger partial charge on any atom is 0.422 e. The molecule has 0 saturated carbocycles. The standard InChI is InChI=1S/C40H41N3O7S/c44-39(49-29-32-12-6-2-7-13-32)38-37(22-25-43(38)51(46,47)41-40(45)50-30-33-14-8-3-9-15-33)36-18-16-34(17-19-36)35-20-23-42(24-21-35)26-27-48-28-31-10-4-1-5-11-31/h1-19,22,25,35H,20-21,23-24,26-30H2,(H,41,45). The van der Waals surface area contributed by atoms with Crippen LogP contribution < -0.4 is 4.72 Å². The Bertz CT molecular complexity index is 1980. The van der Waals surface area contributed by atoms with Crippen molar-refractivity contribution in [2.75, 3.05) is 26.2 Å². The highest BCUT2D eigenvalue weighted by atomic mass is 32.2. The van der Waals surface area contributed by atoms with Gasteiger partial charge in [0, 0.05) is 18.3 Å². The average molecular weight is 708 g/mol. The van der Waals surface area contributed by atoms with Gasteiger partial charge < -0.3 is 19.1 Å². The summed E-state index contributed by atoms with van der Waals surface area (Å²) >= 11 is 0. The van der Waals surface area contributed by atoms with E-state index in [1.807, 2.05) is 71.5 Å². The Morgan fingerprint density at radius 3 is 1.82 bits per heavy atom. The number of amides is 1. The van der Waals surface area contributed by atoms with Crippen LogP contribution in [0.25, 0.3) is 11.1 Å². The Kier molecular flexibility index (Phi) is 12.0. The highest BCUT2D eigenvalue weighted by molar-refractivity contribution is 7.88. The lowest BCUT2D eigenvalue weighted by Crippen LogP contribution is -2.36. The third-order valence-electron chi connectivity index (χ3n) is 8.89. The van der Waals surface area contributed by atoms with Gasteiger partial charge in [-0.25, -0.2) is 18.3 Å². The fourth-order valence-corrected chi connectivity index (χ4v) is 7.13. The van der Waals surface area contributed by atoms with Gasteiger partial charge in [-0.1, -0.05) is 115 Å². The van der Waals surface area contributed by atoms with Gasteiger partial charge in [-0.05, 0) is 65.7 Å². The van der Waals surface area contributed by atoms with E-state index in [0.717, 1.165) is 42.0 Å². The Hall–Kier alpha value is -5.23. The topological polar surface area (TPSA) is 116 Å². The van der Waals surface area contributed by atoms with Crippen LogP contribution >= 0.6 is 0 Å². The SMILES string of the molecule is O=C(NS(=O)(=O)n1ccc(-c2ccc(C3CCN(CCOCc4ccccc4)CC3)cc2)c1C(=O)OCc1ccccc1)OCc1ccccc1. The van der Waals surface area contributed by atoms with Crippen LogP contribution in [0, 0.1) is 0 Å². The first-order chi connectivity index (χ1) is 24.9. The van der Waals surface area contributed by atoms with E-state index in [1.165, 1.54) is 23.4 Å². The number of ether oxygens (including phenoxy) is 3. The molecule has 1 N–H and O–H groups in total. The summed E-state index contributed by atoms with van der Waals surface area (Å²) in [7, 11) is -4.59. The number of esters is 1. The zero-order valence-electron chi connectivity index (χ0n) is 28.2. The van der Waals surface area contributed by atoms with Crippen molar-refractivity contribution in [1.82, 2.24) is 13.6 Å². The molecule has 1 saturated heterocycles. The van der Waals surface area contributed by atoms with Gasteiger partial charge in [0.25, 0.3) is 0 Å². The van der Waals surface area contributed by atoms with Crippen LogP contribution in [0.4, 0.5) is 4.79 Å². The van der Waals surface area contributed by atoms with E-state index in [9.17, 15) is 18.0 Å². The van der Waals surface area contributed by atoms with E-state index in [0.29, 0.717) is 35.8 Å². The lowest BCUT2D eigenvalue weighted by Gasteiger charge is -2.32. The van der Waals surface area contributed by atoms with Crippen LogP contribution in [-0.2, 0) is 44.2 Å². The van der Waals surface area contributed by atoms with Gasteiger partial charge in [0.2, 0.25) is 0 Å². The first-order valence-electron chi connectivity index (χ1n) is 17.0. The van der Waals surface area contributed by atoms with Gasteiger partial charge >= 0.3 is 22.3 Å². The number of carbonyl (C=O) groups is 2. The molecule has 0 spiro atoms. The minimum atomic E-state index is -4.59. The molecule has 0 bridgehead atoms. The van der Waals surface area contributed by atoms with Crippen LogP contribution in [0.1, 0.15) is 51.5 Å². The highest BCUT2D eigenvalue weighted by Crippen LogP contribution is 2.32. The van der Waals surface area contributed by atoms with Crippen molar-refractivity contribution in [3.05, 3.63) is 155 Å². The normalized spacial score (nSPS) is 13.8. The van der Waals surface area contributed by atoms with Crippen LogP contribution in [0.3, 0.4) is 0 Å². The zero-order chi connectivity index (χ0) is 35.5. The number of likely N-dealkylation sites (tertiary alicyclic amines) is 1. The number of rotatable bonds is 14. The minimum Gasteiger partial charge on any atom is -0.456 e. The monoisotopic (exact) mass is 707 g/mol. The van der Waals surface area contributed by atoms with Crippen molar-refractivity contribution in [1.29, 1.82) is 0 Å². The lowest BCUT2D eigenvalue weighted by molar-refractivity contribution is 0.0465. The molecule has 51 heavy (non-hydrogen) atoms. The van der Waals surface area contributed by atoms with Crippen LogP contribution in [0.2, 0.25) is 0 Å². The molecule has 2 heterocycles. The molecular weight excluding hydrogens is 667 g/mol. The van der Waals surface area contributed by atoms with E-state index < -0.39 is 22.3 Å². The first kappa shape index (κ1) is 35.6. The fourth-order valence-electron chi connectivity index (χ4n) is 6.13. The summed E-state index contributed by atoms with van der Waals surface area (Å²) in [6.45, 7) is 3.95. The first-order valence-corrected chi connectivity index (χ1v) is 18.4. The van der Waals surface area contributed by atoms with E-state index in [4.69, 9.17) is 14.2 Å². The molecule has 0 atom stereocenters. The maximum atomic E-state index is 13.6. The van der Waals surface area contributed by atoms with E-state index >= 15 is 0 Å². The molecule has 1 aromatic heterocycles. The molecule has 0 aliphatic carbocycles. The fraction of sp³-hybridized carbons (Fsp3) is 0.250. The summed E-state index contributed by atoms with van der Waals surface area (Å²) in [5.41, 5.74) is 4.55. The average Bonchev–Trinajstić information content (AvgIpc) is 3.63. The van der Waals surface area contributed by atoms with Gasteiger partial charge in [0.15, 0.2) is 5.69 Å². The van der Waals surface area contributed by atoms with Crippen LogP contribution in [0.5, 0.6) is 0 Å². The second-order valence-corrected chi connectivity index (χ2v) is 13.9. The van der Waals surface area contributed by atoms with Gasteiger partial charge in [0.05, 0.1) is 13.2 Å².